The van der Waals surface area contributed by atoms with E-state index in [4.69, 9.17) is 18.9 Å². The molecule has 1 aliphatic rings. The number of carbonyl (C=O) groups excluding carboxylic acids is 2. The highest BCUT2D eigenvalue weighted by atomic mass is 16.7. The first-order chi connectivity index (χ1) is 28.8. The Morgan fingerprint density at radius 2 is 0.966 bits per heavy atom. The second-order valence-electron chi connectivity index (χ2n) is 16.6. The minimum absolute atomic E-state index is 0.167. The first-order valence-corrected chi connectivity index (χ1v) is 24.1. The molecule has 0 radical (unpaired) electrons. The molecule has 0 bridgehead atoms. The molecule has 1 saturated heterocycles. The summed E-state index contributed by atoms with van der Waals surface area (Å²) in [6.07, 6.45) is 38.7. The maximum atomic E-state index is 12.8. The number of allylic oxidation sites excluding steroid dienone is 6. The lowest BCUT2D eigenvalue weighted by molar-refractivity contribution is -0.305. The number of aliphatic hydroxyl groups excluding tert-OH is 4. The quantitative estimate of drug-likeness (QED) is 0.0267. The zero-order valence-corrected chi connectivity index (χ0v) is 37.5. The molecule has 0 spiro atoms. The normalized spacial score (nSPS) is 20.3. The number of rotatable bonds is 40. The molecule has 6 atom stereocenters. The van der Waals surface area contributed by atoms with Gasteiger partial charge in [0.1, 0.15) is 31.0 Å². The molecule has 1 heterocycles. The van der Waals surface area contributed by atoms with E-state index in [1.807, 2.05) is 0 Å². The fourth-order valence-corrected chi connectivity index (χ4v) is 7.16. The van der Waals surface area contributed by atoms with Crippen molar-refractivity contribution in [3.8, 4) is 0 Å². The van der Waals surface area contributed by atoms with Crippen LogP contribution < -0.4 is 0 Å². The van der Waals surface area contributed by atoms with Gasteiger partial charge < -0.3 is 39.4 Å². The Labute approximate surface area is 359 Å². The second kappa shape index (κ2) is 40.0. The molecule has 10 nitrogen and oxygen atoms in total. The summed E-state index contributed by atoms with van der Waals surface area (Å²) in [6.45, 7) is 3.38. The monoisotopic (exact) mass is 837 g/mol. The first-order valence-electron chi connectivity index (χ1n) is 24.1. The van der Waals surface area contributed by atoms with Crippen LogP contribution in [0.25, 0.3) is 0 Å². The first kappa shape index (κ1) is 54.9. The van der Waals surface area contributed by atoms with Gasteiger partial charge in [-0.3, -0.25) is 9.59 Å². The molecule has 59 heavy (non-hydrogen) atoms. The highest BCUT2D eigenvalue weighted by Gasteiger charge is 2.44. The third-order valence-corrected chi connectivity index (χ3v) is 11.0. The largest absolute Gasteiger partial charge is 0.462 e. The van der Waals surface area contributed by atoms with E-state index in [0.717, 1.165) is 44.9 Å². The SMILES string of the molecule is CCCCCC/C=C/CCCCCCCCCCCC(=O)OC[C@@H](CO[C@H]1O[C@@H](CO)[C@@H](O)C(O)C1O)OC(=O)CCC/C=C/C/C=C/CCCCCCCCCCC. The van der Waals surface area contributed by atoms with Gasteiger partial charge in [-0.15, -0.1) is 0 Å². The van der Waals surface area contributed by atoms with E-state index >= 15 is 0 Å². The number of aliphatic hydroxyl groups is 4. The van der Waals surface area contributed by atoms with Gasteiger partial charge in [0.05, 0.1) is 13.2 Å². The van der Waals surface area contributed by atoms with Gasteiger partial charge in [0, 0.05) is 12.8 Å². The van der Waals surface area contributed by atoms with Crippen molar-refractivity contribution in [1.82, 2.24) is 0 Å². The van der Waals surface area contributed by atoms with E-state index in [2.05, 4.69) is 50.3 Å². The Morgan fingerprint density at radius 1 is 0.525 bits per heavy atom. The van der Waals surface area contributed by atoms with Gasteiger partial charge in [-0.25, -0.2) is 0 Å². The molecule has 344 valence electrons. The Bertz CT molecular complexity index is 1060. The standard InChI is InChI=1S/C49H88O10/c1-3-5-7-9-11-13-15-17-19-21-23-25-27-29-31-33-35-37-44(51)56-40-42(41-57-49-48(55)47(54)46(53)43(39-50)59-49)58-45(52)38-36-34-32-30-28-26-24-22-20-18-16-14-12-10-8-6-4-2/h13,15,24,26,30,32,42-43,46-50,53-55H,3-12,14,16-23,25,27-29,31,33-41H2,1-2H3/b15-13+,26-24+,32-30+/t42-,43-,46+,47?,48?,49-/m0/s1. The van der Waals surface area contributed by atoms with Crippen molar-refractivity contribution in [3.05, 3.63) is 36.5 Å². The highest BCUT2D eigenvalue weighted by molar-refractivity contribution is 5.70. The fourth-order valence-electron chi connectivity index (χ4n) is 7.16. The molecule has 0 aromatic heterocycles. The summed E-state index contributed by atoms with van der Waals surface area (Å²) < 4.78 is 22.1. The average molecular weight is 837 g/mol. The summed E-state index contributed by atoms with van der Waals surface area (Å²) in [5.41, 5.74) is 0. The van der Waals surface area contributed by atoms with E-state index < -0.39 is 49.4 Å². The van der Waals surface area contributed by atoms with Crippen LogP contribution in [0.1, 0.15) is 206 Å². The van der Waals surface area contributed by atoms with Crippen LogP contribution in [0.2, 0.25) is 0 Å². The lowest BCUT2D eigenvalue weighted by Crippen LogP contribution is -2.59. The number of carbonyl (C=O) groups is 2. The molecule has 4 N–H and O–H groups in total. The molecular weight excluding hydrogens is 749 g/mol. The smallest absolute Gasteiger partial charge is 0.306 e. The van der Waals surface area contributed by atoms with Crippen LogP contribution in [0.4, 0.5) is 0 Å². The van der Waals surface area contributed by atoms with Crippen LogP contribution in [0, 0.1) is 0 Å². The molecule has 10 heteroatoms. The summed E-state index contributed by atoms with van der Waals surface area (Å²) in [5.74, 6) is -0.857. The number of hydrogen-bond donors (Lipinski definition) is 4. The molecule has 0 amide bonds. The Morgan fingerprint density at radius 3 is 1.49 bits per heavy atom. The van der Waals surface area contributed by atoms with Crippen LogP contribution in [0.3, 0.4) is 0 Å². The van der Waals surface area contributed by atoms with Gasteiger partial charge in [-0.2, -0.15) is 0 Å². The van der Waals surface area contributed by atoms with Crippen LogP contribution >= 0.6 is 0 Å². The van der Waals surface area contributed by atoms with Crippen LogP contribution in [-0.2, 0) is 28.5 Å². The third-order valence-electron chi connectivity index (χ3n) is 11.0. The van der Waals surface area contributed by atoms with Crippen molar-refractivity contribution >= 4 is 11.9 Å². The highest BCUT2D eigenvalue weighted by Crippen LogP contribution is 2.23. The number of hydrogen-bond acceptors (Lipinski definition) is 10. The molecule has 2 unspecified atom stereocenters. The van der Waals surface area contributed by atoms with Crippen molar-refractivity contribution in [2.24, 2.45) is 0 Å². The lowest BCUT2D eigenvalue weighted by Gasteiger charge is -2.39. The number of ether oxygens (including phenoxy) is 4. The van der Waals surface area contributed by atoms with E-state index in [9.17, 15) is 30.0 Å². The summed E-state index contributed by atoms with van der Waals surface area (Å²) in [7, 11) is 0. The lowest BCUT2D eigenvalue weighted by atomic mass is 9.99. The fraction of sp³-hybridized carbons (Fsp3) is 0.837. The zero-order valence-electron chi connectivity index (χ0n) is 37.5. The van der Waals surface area contributed by atoms with Gasteiger partial charge >= 0.3 is 11.9 Å². The average Bonchev–Trinajstić information content (AvgIpc) is 3.23. The van der Waals surface area contributed by atoms with E-state index in [0.29, 0.717) is 6.42 Å². The topological polar surface area (TPSA) is 152 Å². The van der Waals surface area contributed by atoms with Gasteiger partial charge in [0.15, 0.2) is 12.4 Å². The molecular formula is C49H88O10. The Hall–Kier alpha value is -2.08. The van der Waals surface area contributed by atoms with Crippen LogP contribution in [0.15, 0.2) is 36.5 Å². The summed E-state index contributed by atoms with van der Waals surface area (Å²) in [5, 5.41) is 40.1. The van der Waals surface area contributed by atoms with Crippen molar-refractivity contribution in [2.75, 3.05) is 19.8 Å². The van der Waals surface area contributed by atoms with E-state index in [1.165, 1.54) is 128 Å². The molecule has 0 aromatic carbocycles. The van der Waals surface area contributed by atoms with Crippen molar-refractivity contribution in [3.63, 3.8) is 0 Å². The van der Waals surface area contributed by atoms with Crippen molar-refractivity contribution in [1.29, 1.82) is 0 Å². The molecule has 0 saturated carbocycles. The third kappa shape index (κ3) is 31.4. The van der Waals surface area contributed by atoms with Gasteiger partial charge in [-0.1, -0.05) is 166 Å². The minimum Gasteiger partial charge on any atom is -0.462 e. The van der Waals surface area contributed by atoms with Gasteiger partial charge in [-0.05, 0) is 64.2 Å². The Balaban J connectivity index is 2.33. The van der Waals surface area contributed by atoms with Crippen LogP contribution in [0.5, 0.6) is 0 Å². The van der Waals surface area contributed by atoms with Crippen molar-refractivity contribution < 1.29 is 49.0 Å². The second-order valence-corrected chi connectivity index (χ2v) is 16.6. The maximum Gasteiger partial charge on any atom is 0.306 e. The number of esters is 2. The minimum atomic E-state index is -1.60. The molecule has 1 rings (SSSR count). The molecule has 0 aliphatic carbocycles. The molecule has 0 aromatic rings. The predicted molar refractivity (Wildman–Crippen MR) is 238 cm³/mol. The summed E-state index contributed by atoms with van der Waals surface area (Å²) >= 11 is 0. The van der Waals surface area contributed by atoms with Gasteiger partial charge in [0.25, 0.3) is 0 Å². The molecule has 1 aliphatic heterocycles. The zero-order chi connectivity index (χ0) is 43.0. The van der Waals surface area contributed by atoms with Crippen molar-refractivity contribution in [2.45, 2.75) is 243 Å². The summed E-state index contributed by atoms with van der Waals surface area (Å²) in [6, 6.07) is 0. The Kier molecular flexibility index (Phi) is 37.3. The van der Waals surface area contributed by atoms with Gasteiger partial charge in [0.2, 0.25) is 0 Å². The summed E-state index contributed by atoms with van der Waals surface area (Å²) in [4.78, 5) is 25.4. The van der Waals surface area contributed by atoms with Crippen LogP contribution in [-0.4, -0.2) is 89.0 Å². The predicted octanol–water partition coefficient (Wildman–Crippen LogP) is 10.7. The molecule has 1 fully saturated rings. The maximum absolute atomic E-state index is 12.8. The number of unbranched alkanes of at least 4 members (excludes halogenated alkanes) is 23. The van der Waals surface area contributed by atoms with E-state index in [-0.39, 0.29) is 32.0 Å². The van der Waals surface area contributed by atoms with E-state index in [1.54, 1.807) is 0 Å².